The van der Waals surface area contributed by atoms with Crippen LogP contribution in [0, 0.1) is 6.92 Å². The lowest BCUT2D eigenvalue weighted by molar-refractivity contribution is -0.138. The molecule has 2 aromatic rings. The molecular formula is C27H35F3N4O3. The van der Waals surface area contributed by atoms with Crippen LogP contribution in [0.4, 0.5) is 18.9 Å². The van der Waals surface area contributed by atoms with Crippen LogP contribution in [-0.2, 0) is 10.9 Å². The van der Waals surface area contributed by atoms with Gasteiger partial charge in [-0.25, -0.2) is 0 Å². The van der Waals surface area contributed by atoms with Crippen LogP contribution in [0.2, 0.25) is 0 Å². The summed E-state index contributed by atoms with van der Waals surface area (Å²) in [5.74, 6) is -0.448. The standard InChI is InChI=1S/C27H35F3N4O3/c1-16-21(6-5-7-23(16)27(28,29)30)17(2)31-26(36)22-15-34(19-8-10-37-11-9-19)25(35)14-24(22)32-18-12-20(13-18)33(3)4/h5-7,14-15,17-20,32H,8-13H2,1-4H3,(H,31,36)/t17-,18?,20?/m1/s1. The van der Waals surface area contributed by atoms with Gasteiger partial charge in [0.15, 0.2) is 0 Å². The molecule has 10 heteroatoms. The molecular weight excluding hydrogens is 485 g/mol. The minimum Gasteiger partial charge on any atom is -0.381 e. The third-order valence-corrected chi connectivity index (χ3v) is 7.61. The first-order chi connectivity index (χ1) is 17.5. The van der Waals surface area contributed by atoms with Crippen LogP contribution in [0.3, 0.4) is 0 Å². The molecule has 0 radical (unpaired) electrons. The Morgan fingerprint density at radius 2 is 1.86 bits per heavy atom. The summed E-state index contributed by atoms with van der Waals surface area (Å²) < 4.78 is 47.3. The number of benzene rings is 1. The number of halogens is 3. The minimum atomic E-state index is -4.48. The van der Waals surface area contributed by atoms with Crippen molar-refractivity contribution in [1.29, 1.82) is 0 Å². The Labute approximate surface area is 215 Å². The molecule has 1 aromatic heterocycles. The summed E-state index contributed by atoms with van der Waals surface area (Å²) in [6.45, 7) is 4.16. The summed E-state index contributed by atoms with van der Waals surface area (Å²) in [5.41, 5.74) is 0.302. The molecule has 2 N–H and O–H groups in total. The van der Waals surface area contributed by atoms with Crippen molar-refractivity contribution >= 4 is 11.6 Å². The number of rotatable bonds is 7. The summed E-state index contributed by atoms with van der Waals surface area (Å²) >= 11 is 0. The Morgan fingerprint density at radius 3 is 2.49 bits per heavy atom. The average Bonchev–Trinajstić information content (AvgIpc) is 2.80. The molecule has 1 aromatic carbocycles. The molecule has 0 bridgehead atoms. The fourth-order valence-electron chi connectivity index (χ4n) is 5.23. The van der Waals surface area contributed by atoms with Gasteiger partial charge in [-0.1, -0.05) is 12.1 Å². The van der Waals surface area contributed by atoms with Crippen LogP contribution in [0.15, 0.2) is 35.3 Å². The zero-order chi connectivity index (χ0) is 26.9. The number of nitrogens with zero attached hydrogens (tertiary/aromatic N) is 2. The van der Waals surface area contributed by atoms with Crippen molar-refractivity contribution in [2.75, 3.05) is 32.6 Å². The van der Waals surface area contributed by atoms with Gasteiger partial charge in [0.25, 0.3) is 11.5 Å². The summed E-state index contributed by atoms with van der Waals surface area (Å²) in [6, 6.07) is 5.25. The van der Waals surface area contributed by atoms with Crippen LogP contribution in [0.5, 0.6) is 0 Å². The topological polar surface area (TPSA) is 75.6 Å². The van der Waals surface area contributed by atoms with Gasteiger partial charge in [0.2, 0.25) is 0 Å². The van der Waals surface area contributed by atoms with Crippen LogP contribution in [-0.4, -0.2) is 54.8 Å². The largest absolute Gasteiger partial charge is 0.416 e. The Kier molecular flexibility index (Phi) is 7.99. The predicted molar refractivity (Wildman–Crippen MR) is 136 cm³/mol. The Morgan fingerprint density at radius 1 is 1.19 bits per heavy atom. The lowest BCUT2D eigenvalue weighted by Crippen LogP contribution is -2.47. The smallest absolute Gasteiger partial charge is 0.381 e. The summed E-state index contributed by atoms with van der Waals surface area (Å²) in [4.78, 5) is 28.7. The van der Waals surface area contributed by atoms with Crippen LogP contribution >= 0.6 is 0 Å². The van der Waals surface area contributed by atoms with E-state index < -0.39 is 23.7 Å². The molecule has 1 aliphatic carbocycles. The number of hydrogen-bond donors (Lipinski definition) is 2. The maximum atomic E-state index is 13.5. The zero-order valence-electron chi connectivity index (χ0n) is 21.7. The van der Waals surface area contributed by atoms with Crippen molar-refractivity contribution in [3.63, 3.8) is 0 Å². The lowest BCUT2D eigenvalue weighted by Gasteiger charge is -2.40. The number of amides is 1. The van der Waals surface area contributed by atoms with E-state index in [1.165, 1.54) is 19.1 Å². The number of ether oxygens (including phenoxy) is 1. The molecule has 37 heavy (non-hydrogen) atoms. The van der Waals surface area contributed by atoms with Gasteiger partial charge in [-0.2, -0.15) is 13.2 Å². The highest BCUT2D eigenvalue weighted by Crippen LogP contribution is 2.35. The highest BCUT2D eigenvalue weighted by atomic mass is 19.4. The summed E-state index contributed by atoms with van der Waals surface area (Å²) in [7, 11) is 4.04. The van der Waals surface area contributed by atoms with Crippen LogP contribution < -0.4 is 16.2 Å². The lowest BCUT2D eigenvalue weighted by atomic mass is 9.85. The maximum absolute atomic E-state index is 13.5. The second-order valence-electron chi connectivity index (χ2n) is 10.3. The van der Waals surface area contributed by atoms with Crippen LogP contribution in [0.25, 0.3) is 0 Å². The third-order valence-electron chi connectivity index (χ3n) is 7.61. The minimum absolute atomic E-state index is 0.0770. The van der Waals surface area contributed by atoms with Crippen molar-refractivity contribution in [2.24, 2.45) is 0 Å². The van der Waals surface area contributed by atoms with E-state index in [4.69, 9.17) is 4.74 Å². The van der Waals surface area contributed by atoms with E-state index in [9.17, 15) is 22.8 Å². The number of carbonyl (C=O) groups excluding carboxylic acids is 1. The Balaban J connectivity index is 1.62. The van der Waals surface area contributed by atoms with Gasteiger partial charge in [-0.3, -0.25) is 9.59 Å². The van der Waals surface area contributed by atoms with E-state index >= 15 is 0 Å². The maximum Gasteiger partial charge on any atom is 0.416 e. The fraction of sp³-hybridized carbons (Fsp3) is 0.556. The Bertz CT molecular complexity index is 1180. The van der Waals surface area contributed by atoms with Gasteiger partial charge in [0, 0.05) is 43.6 Å². The van der Waals surface area contributed by atoms with Gasteiger partial charge in [-0.05, 0) is 70.8 Å². The molecule has 1 saturated heterocycles. The van der Waals surface area contributed by atoms with Crippen molar-refractivity contribution in [2.45, 2.75) is 69.9 Å². The monoisotopic (exact) mass is 520 g/mol. The first kappa shape index (κ1) is 27.2. The fourth-order valence-corrected chi connectivity index (χ4v) is 5.23. The van der Waals surface area contributed by atoms with Gasteiger partial charge >= 0.3 is 6.18 Å². The van der Waals surface area contributed by atoms with Gasteiger partial charge in [0.1, 0.15) is 0 Å². The van der Waals surface area contributed by atoms with E-state index in [0.29, 0.717) is 48.9 Å². The SMILES string of the molecule is Cc1c([C@@H](C)NC(=O)c2cn(C3CCOCC3)c(=O)cc2NC2CC(N(C)C)C2)cccc1C(F)(F)F. The highest BCUT2D eigenvalue weighted by molar-refractivity contribution is 5.99. The van der Waals surface area contributed by atoms with Crippen LogP contribution in [0.1, 0.15) is 71.7 Å². The number of alkyl halides is 3. The molecule has 4 rings (SSSR count). The van der Waals surface area contributed by atoms with E-state index in [-0.39, 0.29) is 23.2 Å². The number of carbonyl (C=O) groups is 1. The number of aromatic nitrogens is 1. The molecule has 2 fully saturated rings. The van der Waals surface area contributed by atoms with Crippen molar-refractivity contribution < 1.29 is 22.7 Å². The molecule has 2 aliphatic rings. The van der Waals surface area contributed by atoms with Crippen molar-refractivity contribution in [1.82, 2.24) is 14.8 Å². The molecule has 0 unspecified atom stereocenters. The quantitative estimate of drug-likeness (QED) is 0.562. The number of pyridine rings is 1. The van der Waals surface area contributed by atoms with Crippen molar-refractivity contribution in [3.8, 4) is 0 Å². The van der Waals surface area contributed by atoms with Gasteiger partial charge < -0.3 is 24.8 Å². The predicted octanol–water partition coefficient (Wildman–Crippen LogP) is 4.52. The zero-order valence-corrected chi connectivity index (χ0v) is 21.7. The van der Waals surface area contributed by atoms with E-state index in [1.807, 2.05) is 14.1 Å². The van der Waals surface area contributed by atoms with E-state index in [1.54, 1.807) is 23.8 Å². The normalized spacial score (nSPS) is 21.4. The molecule has 202 valence electrons. The molecule has 0 spiro atoms. The number of hydrogen-bond acceptors (Lipinski definition) is 5. The third kappa shape index (κ3) is 6.01. The second kappa shape index (κ2) is 10.9. The second-order valence-corrected chi connectivity index (χ2v) is 10.3. The van der Waals surface area contributed by atoms with E-state index in [2.05, 4.69) is 15.5 Å². The van der Waals surface area contributed by atoms with Crippen molar-refractivity contribution in [3.05, 3.63) is 63.1 Å². The average molecular weight is 521 g/mol. The first-order valence-corrected chi connectivity index (χ1v) is 12.7. The van der Waals surface area contributed by atoms with Gasteiger partial charge in [-0.15, -0.1) is 0 Å². The van der Waals surface area contributed by atoms with E-state index in [0.717, 1.165) is 18.9 Å². The number of nitrogens with one attached hydrogen (secondary N) is 2. The first-order valence-electron chi connectivity index (χ1n) is 12.7. The molecule has 7 nitrogen and oxygen atoms in total. The highest BCUT2D eigenvalue weighted by Gasteiger charge is 2.34. The number of anilines is 1. The summed E-state index contributed by atoms with van der Waals surface area (Å²) in [5, 5.41) is 6.23. The molecule has 1 saturated carbocycles. The van der Waals surface area contributed by atoms with Gasteiger partial charge in [0.05, 0.1) is 22.9 Å². The molecule has 2 heterocycles. The molecule has 1 aliphatic heterocycles. The summed E-state index contributed by atoms with van der Waals surface area (Å²) in [6.07, 6.45) is 0.215. The Hall–Kier alpha value is -2.85. The molecule has 1 amide bonds. The molecule has 1 atom stereocenters.